The number of nitrogens with one attached hydrogen (secondary N) is 2. The van der Waals surface area contributed by atoms with E-state index in [9.17, 15) is 4.79 Å². The summed E-state index contributed by atoms with van der Waals surface area (Å²) in [5.74, 6) is 0.111. The van der Waals surface area contributed by atoms with E-state index in [2.05, 4.69) is 29.5 Å². The lowest BCUT2D eigenvalue weighted by Gasteiger charge is -2.24. The number of piperidine rings is 1. The normalized spacial score (nSPS) is 20.6. The van der Waals surface area contributed by atoms with E-state index in [0.29, 0.717) is 6.04 Å². The molecule has 0 bridgehead atoms. The van der Waals surface area contributed by atoms with Crippen LogP contribution < -0.4 is 10.6 Å². The number of carbonyl (C=O) groups excluding carboxylic acids is 1. The Morgan fingerprint density at radius 1 is 1.65 bits per heavy atom. The van der Waals surface area contributed by atoms with Crippen molar-refractivity contribution < 1.29 is 4.79 Å². The van der Waals surface area contributed by atoms with Crippen LogP contribution in [-0.4, -0.2) is 28.0 Å². The van der Waals surface area contributed by atoms with E-state index in [1.54, 1.807) is 6.33 Å². The molecule has 1 fully saturated rings. The molecule has 0 aromatic carbocycles. The number of imidazole rings is 1. The molecule has 2 N–H and O–H groups in total. The van der Waals surface area contributed by atoms with E-state index in [4.69, 9.17) is 0 Å². The largest absolute Gasteiger partial charge is 0.354 e. The molecule has 1 aromatic rings. The molecule has 17 heavy (non-hydrogen) atoms. The van der Waals surface area contributed by atoms with Gasteiger partial charge in [-0.15, -0.1) is 0 Å². The molecule has 0 saturated carbocycles. The third-order valence-corrected chi connectivity index (χ3v) is 3.03. The zero-order valence-electron chi connectivity index (χ0n) is 10.4. The summed E-state index contributed by atoms with van der Waals surface area (Å²) in [6, 6.07) is 0.341. The van der Waals surface area contributed by atoms with E-state index < -0.39 is 0 Å². The lowest BCUT2D eigenvalue weighted by atomic mass is 10.1. The highest BCUT2D eigenvalue weighted by molar-refractivity contribution is 5.81. The molecule has 1 aromatic heterocycles. The minimum Gasteiger partial charge on any atom is -0.354 e. The maximum Gasteiger partial charge on any atom is 0.243 e. The van der Waals surface area contributed by atoms with Gasteiger partial charge in [-0.25, -0.2) is 4.98 Å². The Labute approximate surface area is 102 Å². The summed E-state index contributed by atoms with van der Waals surface area (Å²) in [6.07, 6.45) is 5.52. The number of nitrogens with zero attached hydrogens (tertiary/aromatic N) is 2. The Hall–Kier alpha value is -1.36. The molecule has 0 spiro atoms. The van der Waals surface area contributed by atoms with Gasteiger partial charge in [0.05, 0.1) is 12.0 Å². The minimum atomic E-state index is -0.0878. The van der Waals surface area contributed by atoms with Crippen molar-refractivity contribution in [3.05, 3.63) is 18.2 Å². The van der Waals surface area contributed by atoms with Crippen molar-refractivity contribution in [1.82, 2.24) is 20.2 Å². The van der Waals surface area contributed by atoms with E-state index in [1.807, 2.05) is 10.8 Å². The lowest BCUT2D eigenvalue weighted by molar-refractivity contribution is -0.125. The smallest absolute Gasteiger partial charge is 0.243 e. The Morgan fingerprint density at radius 2 is 2.47 bits per heavy atom. The first-order valence-electron chi connectivity index (χ1n) is 6.20. The van der Waals surface area contributed by atoms with Gasteiger partial charge in [0.1, 0.15) is 6.04 Å². The lowest BCUT2D eigenvalue weighted by Crippen LogP contribution is -2.38. The molecule has 5 nitrogen and oxygen atoms in total. The highest BCUT2D eigenvalue weighted by Crippen LogP contribution is 2.19. The third-order valence-electron chi connectivity index (χ3n) is 3.03. The van der Waals surface area contributed by atoms with Gasteiger partial charge in [0.2, 0.25) is 5.91 Å². The summed E-state index contributed by atoms with van der Waals surface area (Å²) in [6.45, 7) is 5.76. The van der Waals surface area contributed by atoms with Crippen LogP contribution in [0.15, 0.2) is 12.5 Å². The van der Waals surface area contributed by atoms with Gasteiger partial charge in [-0.3, -0.25) is 4.79 Å². The van der Waals surface area contributed by atoms with Crippen LogP contribution in [0, 0.1) is 0 Å². The van der Waals surface area contributed by atoms with E-state index >= 15 is 0 Å². The third kappa shape index (κ3) is 2.85. The molecule has 1 unspecified atom stereocenters. The van der Waals surface area contributed by atoms with Gasteiger partial charge in [-0.05, 0) is 12.8 Å². The molecular formula is C12H20N4O. The van der Waals surface area contributed by atoms with Crippen LogP contribution in [0.25, 0.3) is 0 Å². The maximum atomic E-state index is 11.8. The number of hydrogen-bond donors (Lipinski definition) is 2. The summed E-state index contributed by atoms with van der Waals surface area (Å²) in [5, 5.41) is 6.25. The molecule has 1 atom stereocenters. The van der Waals surface area contributed by atoms with Crippen LogP contribution >= 0.6 is 0 Å². The van der Waals surface area contributed by atoms with Crippen molar-refractivity contribution >= 4 is 5.91 Å². The standard InChI is InChI=1S/C12H20N4O/c1-9(2)15-7-10-6-13-8-16(10)11-4-3-5-14-12(11)17/h6,8-9,11,15H,3-5,7H2,1-2H3,(H,14,17). The predicted molar refractivity (Wildman–Crippen MR) is 65.5 cm³/mol. The molecule has 1 aliphatic rings. The second-order valence-corrected chi connectivity index (χ2v) is 4.78. The van der Waals surface area contributed by atoms with E-state index in [0.717, 1.165) is 31.6 Å². The second-order valence-electron chi connectivity index (χ2n) is 4.78. The van der Waals surface area contributed by atoms with Crippen LogP contribution in [0.2, 0.25) is 0 Å². The van der Waals surface area contributed by atoms with E-state index in [1.165, 1.54) is 0 Å². The molecule has 0 radical (unpaired) electrons. The van der Waals surface area contributed by atoms with Gasteiger partial charge in [0.25, 0.3) is 0 Å². The fourth-order valence-electron chi connectivity index (χ4n) is 2.08. The molecule has 1 saturated heterocycles. The summed E-state index contributed by atoms with van der Waals surface area (Å²) < 4.78 is 1.99. The Kier molecular flexibility index (Phi) is 3.78. The van der Waals surface area contributed by atoms with Crippen molar-refractivity contribution in [3.8, 4) is 0 Å². The summed E-state index contributed by atoms with van der Waals surface area (Å²) in [5.41, 5.74) is 1.07. The summed E-state index contributed by atoms with van der Waals surface area (Å²) in [4.78, 5) is 16.0. The average molecular weight is 236 g/mol. The first-order chi connectivity index (χ1) is 8.18. The Balaban J connectivity index is 2.09. The van der Waals surface area contributed by atoms with Gasteiger partial charge in [0.15, 0.2) is 0 Å². The first-order valence-corrected chi connectivity index (χ1v) is 6.20. The van der Waals surface area contributed by atoms with Crippen LogP contribution in [-0.2, 0) is 11.3 Å². The molecule has 1 amide bonds. The quantitative estimate of drug-likeness (QED) is 0.814. The summed E-state index contributed by atoms with van der Waals surface area (Å²) in [7, 11) is 0. The molecular weight excluding hydrogens is 216 g/mol. The van der Waals surface area contributed by atoms with Crippen molar-refractivity contribution in [2.24, 2.45) is 0 Å². The molecule has 94 valence electrons. The molecule has 5 heteroatoms. The first kappa shape index (κ1) is 12.1. The van der Waals surface area contributed by atoms with Crippen LogP contribution in [0.3, 0.4) is 0 Å². The zero-order chi connectivity index (χ0) is 12.3. The van der Waals surface area contributed by atoms with Gasteiger partial charge in [-0.1, -0.05) is 13.8 Å². The van der Waals surface area contributed by atoms with Crippen molar-refractivity contribution in [1.29, 1.82) is 0 Å². The average Bonchev–Trinajstić information content (AvgIpc) is 2.75. The fraction of sp³-hybridized carbons (Fsp3) is 0.667. The van der Waals surface area contributed by atoms with Crippen molar-refractivity contribution in [2.75, 3.05) is 6.54 Å². The van der Waals surface area contributed by atoms with Crippen LogP contribution in [0.1, 0.15) is 38.4 Å². The summed E-state index contributed by atoms with van der Waals surface area (Å²) >= 11 is 0. The van der Waals surface area contributed by atoms with Gasteiger partial charge < -0.3 is 15.2 Å². The second kappa shape index (κ2) is 5.31. The fourth-order valence-corrected chi connectivity index (χ4v) is 2.08. The molecule has 0 aliphatic carbocycles. The highest BCUT2D eigenvalue weighted by atomic mass is 16.2. The minimum absolute atomic E-state index is 0.0878. The molecule has 1 aliphatic heterocycles. The number of rotatable bonds is 4. The van der Waals surface area contributed by atoms with Crippen LogP contribution in [0.5, 0.6) is 0 Å². The van der Waals surface area contributed by atoms with Crippen molar-refractivity contribution in [3.63, 3.8) is 0 Å². The SMILES string of the molecule is CC(C)NCc1cncn1C1CCCNC1=O. The number of amides is 1. The maximum absolute atomic E-state index is 11.8. The Morgan fingerprint density at radius 3 is 3.18 bits per heavy atom. The number of hydrogen-bond acceptors (Lipinski definition) is 3. The predicted octanol–water partition coefficient (Wildman–Crippen LogP) is 0.832. The highest BCUT2D eigenvalue weighted by Gasteiger charge is 2.24. The van der Waals surface area contributed by atoms with Crippen molar-refractivity contribution in [2.45, 2.75) is 45.3 Å². The van der Waals surface area contributed by atoms with Crippen LogP contribution in [0.4, 0.5) is 0 Å². The topological polar surface area (TPSA) is 59.0 Å². The van der Waals surface area contributed by atoms with E-state index in [-0.39, 0.29) is 11.9 Å². The zero-order valence-corrected chi connectivity index (χ0v) is 10.4. The van der Waals surface area contributed by atoms with Gasteiger partial charge in [-0.2, -0.15) is 0 Å². The van der Waals surface area contributed by atoms with Gasteiger partial charge in [0, 0.05) is 25.3 Å². The number of aromatic nitrogens is 2. The monoisotopic (exact) mass is 236 g/mol. The number of carbonyl (C=O) groups is 1. The van der Waals surface area contributed by atoms with Gasteiger partial charge >= 0.3 is 0 Å². The molecule has 2 heterocycles. The Bertz CT molecular complexity index is 386. The molecule has 2 rings (SSSR count).